The minimum absolute atomic E-state index is 0.181. The first-order valence-corrected chi connectivity index (χ1v) is 13.9. The fourth-order valence-electron chi connectivity index (χ4n) is 5.58. The van der Waals surface area contributed by atoms with Crippen LogP contribution in [-0.2, 0) is 20.9 Å². The van der Waals surface area contributed by atoms with Gasteiger partial charge >= 0.3 is 0 Å². The molecule has 3 amide bonds. The van der Waals surface area contributed by atoms with Crippen molar-refractivity contribution in [2.45, 2.75) is 59.0 Å². The van der Waals surface area contributed by atoms with Gasteiger partial charge in [-0.25, -0.2) is 0 Å². The van der Waals surface area contributed by atoms with Crippen LogP contribution < -0.4 is 16.0 Å². The van der Waals surface area contributed by atoms with Crippen molar-refractivity contribution < 1.29 is 14.4 Å². The van der Waals surface area contributed by atoms with Crippen LogP contribution in [0.15, 0.2) is 78.9 Å². The normalized spacial score (nSPS) is 16.2. The quantitative estimate of drug-likeness (QED) is 0.321. The molecule has 4 rings (SSSR count). The maximum absolute atomic E-state index is 14.4. The smallest absolute Gasteiger partial charge is 0.254 e. The van der Waals surface area contributed by atoms with Gasteiger partial charge in [0.25, 0.3) is 5.91 Å². The lowest BCUT2D eigenvalue weighted by Gasteiger charge is -2.30. The molecule has 39 heavy (non-hydrogen) atoms. The second-order valence-corrected chi connectivity index (χ2v) is 10.8. The predicted octanol–water partition coefficient (Wildman–Crippen LogP) is 6.01. The fourth-order valence-corrected chi connectivity index (χ4v) is 5.58. The number of primary amides is 1. The summed E-state index contributed by atoms with van der Waals surface area (Å²) < 4.78 is 0. The molecule has 1 heterocycles. The van der Waals surface area contributed by atoms with E-state index in [1.165, 1.54) is 0 Å². The number of anilines is 1. The Morgan fingerprint density at radius 3 is 2.21 bits per heavy atom. The van der Waals surface area contributed by atoms with E-state index in [0.29, 0.717) is 19.4 Å². The first kappa shape index (κ1) is 28.1. The minimum Gasteiger partial charge on any atom is -0.369 e. The number of hydrogen-bond donors (Lipinski definition) is 2. The van der Waals surface area contributed by atoms with Crippen molar-refractivity contribution in [3.05, 3.63) is 90.0 Å². The number of nitrogens with two attached hydrogens (primary N) is 1. The molecule has 6 nitrogen and oxygen atoms in total. The Labute approximate surface area is 231 Å². The molecule has 1 aliphatic heterocycles. The van der Waals surface area contributed by atoms with Crippen LogP contribution in [-0.4, -0.2) is 17.7 Å². The van der Waals surface area contributed by atoms with Crippen molar-refractivity contribution in [1.82, 2.24) is 5.32 Å². The first-order chi connectivity index (χ1) is 18.8. The number of carbonyl (C=O) groups is 3. The molecule has 6 heteroatoms. The summed E-state index contributed by atoms with van der Waals surface area (Å²) >= 11 is 0. The minimum atomic E-state index is -0.904. The van der Waals surface area contributed by atoms with Crippen molar-refractivity contribution in [2.75, 3.05) is 4.90 Å². The summed E-state index contributed by atoms with van der Waals surface area (Å²) in [5.41, 5.74) is 10.2. The van der Waals surface area contributed by atoms with Gasteiger partial charge in [-0.1, -0.05) is 106 Å². The summed E-state index contributed by atoms with van der Waals surface area (Å²) in [6, 6.07) is 24.5. The molecule has 3 aromatic rings. The number of benzene rings is 3. The van der Waals surface area contributed by atoms with E-state index in [-0.39, 0.29) is 17.7 Å². The average Bonchev–Trinajstić information content (AvgIpc) is 3.02. The van der Waals surface area contributed by atoms with Gasteiger partial charge in [-0.2, -0.15) is 0 Å². The van der Waals surface area contributed by atoms with E-state index in [4.69, 9.17) is 5.73 Å². The van der Waals surface area contributed by atoms with Gasteiger partial charge in [0.15, 0.2) is 0 Å². The Morgan fingerprint density at radius 1 is 0.897 bits per heavy atom. The fraction of sp³-hybridized carbons (Fsp3) is 0.364. The van der Waals surface area contributed by atoms with Crippen LogP contribution in [0, 0.1) is 17.8 Å². The van der Waals surface area contributed by atoms with Gasteiger partial charge in [-0.3, -0.25) is 14.4 Å². The summed E-state index contributed by atoms with van der Waals surface area (Å²) in [6.07, 6.45) is 2.78. The van der Waals surface area contributed by atoms with Crippen LogP contribution in [0.2, 0.25) is 0 Å². The van der Waals surface area contributed by atoms with Crippen LogP contribution in [0.3, 0.4) is 0 Å². The summed E-state index contributed by atoms with van der Waals surface area (Å²) in [4.78, 5) is 42.6. The molecule has 3 atom stereocenters. The van der Waals surface area contributed by atoms with Gasteiger partial charge < -0.3 is 16.0 Å². The Hall–Kier alpha value is -3.93. The molecule has 3 aromatic carbocycles. The Kier molecular flexibility index (Phi) is 9.18. The zero-order valence-corrected chi connectivity index (χ0v) is 23.1. The molecule has 204 valence electrons. The van der Waals surface area contributed by atoms with Crippen molar-refractivity contribution in [3.63, 3.8) is 0 Å². The number of unbranched alkanes of at least 4 members (excludes halogenated alkanes) is 1. The van der Waals surface area contributed by atoms with Gasteiger partial charge in [0.2, 0.25) is 11.8 Å². The van der Waals surface area contributed by atoms with E-state index in [1.54, 1.807) is 4.90 Å². The molecule has 0 aromatic heterocycles. The van der Waals surface area contributed by atoms with Crippen molar-refractivity contribution in [3.8, 4) is 11.1 Å². The van der Waals surface area contributed by atoms with Crippen molar-refractivity contribution in [2.24, 2.45) is 23.5 Å². The molecule has 0 saturated carbocycles. The monoisotopic (exact) mass is 525 g/mol. The van der Waals surface area contributed by atoms with Crippen LogP contribution in [0.25, 0.3) is 11.1 Å². The third kappa shape index (κ3) is 6.39. The maximum atomic E-state index is 14.4. The SMILES string of the molecule is CCCCC(C(N)=O)C(CC(C)C)C(=O)NC1C(=O)N(Cc2ccccc2)c2ccccc2-c2ccccc21. The van der Waals surface area contributed by atoms with E-state index in [1.807, 2.05) is 92.7 Å². The molecule has 0 saturated heterocycles. The lowest BCUT2D eigenvalue weighted by atomic mass is 9.81. The highest BCUT2D eigenvalue weighted by Crippen LogP contribution is 2.41. The van der Waals surface area contributed by atoms with Crippen LogP contribution >= 0.6 is 0 Å². The number of carbonyl (C=O) groups excluding carboxylic acids is 3. The Balaban J connectivity index is 1.76. The van der Waals surface area contributed by atoms with E-state index >= 15 is 0 Å². The summed E-state index contributed by atoms with van der Waals surface area (Å²) in [5, 5.41) is 3.09. The number of nitrogens with one attached hydrogen (secondary N) is 1. The van der Waals surface area contributed by atoms with Gasteiger partial charge in [0, 0.05) is 17.4 Å². The van der Waals surface area contributed by atoms with Gasteiger partial charge in [-0.15, -0.1) is 0 Å². The molecule has 1 aliphatic rings. The summed E-state index contributed by atoms with van der Waals surface area (Å²) in [6.45, 7) is 6.48. The standard InChI is InChI=1S/C33H39N3O3/c1-4-5-15-27(31(34)37)28(20-22(2)3)32(38)35-30-26-18-10-9-16-24(26)25-17-11-12-19-29(25)36(33(30)39)21-23-13-7-6-8-14-23/h6-14,16-19,22,27-28,30H,4-5,15,20-21H2,1-3H3,(H2,34,37)(H,35,38). The molecule has 0 spiro atoms. The highest BCUT2D eigenvalue weighted by atomic mass is 16.2. The zero-order valence-electron chi connectivity index (χ0n) is 23.1. The van der Waals surface area contributed by atoms with Crippen molar-refractivity contribution >= 4 is 23.4 Å². The van der Waals surface area contributed by atoms with E-state index in [0.717, 1.165) is 40.8 Å². The number of hydrogen-bond acceptors (Lipinski definition) is 3. The largest absolute Gasteiger partial charge is 0.369 e. The molecule has 0 radical (unpaired) electrons. The number of para-hydroxylation sites is 1. The third-order valence-corrected chi connectivity index (χ3v) is 7.52. The summed E-state index contributed by atoms with van der Waals surface area (Å²) in [7, 11) is 0. The lowest BCUT2D eigenvalue weighted by Crippen LogP contribution is -2.47. The molecule has 0 bridgehead atoms. The molecule has 0 aliphatic carbocycles. The number of fused-ring (bicyclic) bond motifs is 3. The Morgan fingerprint density at radius 2 is 1.54 bits per heavy atom. The second-order valence-electron chi connectivity index (χ2n) is 10.8. The van der Waals surface area contributed by atoms with Gasteiger partial charge in [0.1, 0.15) is 6.04 Å². The number of nitrogens with zero attached hydrogens (tertiary/aromatic N) is 1. The van der Waals surface area contributed by atoms with E-state index in [2.05, 4.69) is 12.2 Å². The van der Waals surface area contributed by atoms with Crippen LogP contribution in [0.1, 0.15) is 63.6 Å². The lowest BCUT2D eigenvalue weighted by molar-refractivity contribution is -0.136. The highest BCUT2D eigenvalue weighted by molar-refractivity contribution is 6.06. The molecular formula is C33H39N3O3. The van der Waals surface area contributed by atoms with Crippen LogP contribution in [0.5, 0.6) is 0 Å². The van der Waals surface area contributed by atoms with Gasteiger partial charge in [-0.05, 0) is 41.5 Å². The third-order valence-electron chi connectivity index (χ3n) is 7.52. The first-order valence-electron chi connectivity index (χ1n) is 13.9. The van der Waals surface area contributed by atoms with Crippen LogP contribution in [0.4, 0.5) is 5.69 Å². The number of rotatable bonds is 11. The highest BCUT2D eigenvalue weighted by Gasteiger charge is 2.38. The zero-order chi connectivity index (χ0) is 27.9. The average molecular weight is 526 g/mol. The second kappa shape index (κ2) is 12.7. The molecule has 3 unspecified atom stereocenters. The number of amides is 3. The Bertz CT molecular complexity index is 1300. The predicted molar refractivity (Wildman–Crippen MR) is 156 cm³/mol. The van der Waals surface area contributed by atoms with E-state index < -0.39 is 23.8 Å². The summed E-state index contributed by atoms with van der Waals surface area (Å²) in [5.74, 6) is -1.99. The van der Waals surface area contributed by atoms with E-state index in [9.17, 15) is 14.4 Å². The molecular weight excluding hydrogens is 486 g/mol. The molecule has 3 N–H and O–H groups in total. The molecule has 0 fully saturated rings. The maximum Gasteiger partial charge on any atom is 0.254 e. The van der Waals surface area contributed by atoms with Crippen molar-refractivity contribution in [1.29, 1.82) is 0 Å². The topological polar surface area (TPSA) is 92.5 Å². The van der Waals surface area contributed by atoms with Gasteiger partial charge in [0.05, 0.1) is 12.2 Å².